The number of nitrogens with zero attached hydrogens (tertiary/aromatic N) is 7. The van der Waals surface area contributed by atoms with Gasteiger partial charge in [0.2, 0.25) is 0 Å². The number of para-hydroxylation sites is 3. The molecule has 0 spiro atoms. The molecule has 0 radical (unpaired) electrons. The van der Waals surface area contributed by atoms with Crippen molar-refractivity contribution in [3.8, 4) is 79.1 Å². The third-order valence-corrected chi connectivity index (χ3v) is 14.1. The monoisotopic (exact) mass is 981 g/mol. The van der Waals surface area contributed by atoms with E-state index in [0.29, 0.717) is 89.2 Å². The summed E-state index contributed by atoms with van der Waals surface area (Å²) in [5, 5.41) is 24.5. The second-order valence-corrected chi connectivity index (χ2v) is 18.2. The van der Waals surface area contributed by atoms with Crippen LogP contribution in [0.15, 0.2) is 206 Å². The lowest BCUT2D eigenvalue weighted by Crippen LogP contribution is -2.11. The molecule has 0 unspecified atom stereocenters. The average molecular weight is 982 g/mol. The normalized spacial score (nSPS) is 11.3. The number of halogens is 3. The summed E-state index contributed by atoms with van der Waals surface area (Å²) in [7, 11) is 0. The van der Waals surface area contributed by atoms with Gasteiger partial charge in [-0.25, -0.2) is 14.5 Å². The van der Waals surface area contributed by atoms with Gasteiger partial charge >= 0.3 is 6.18 Å². The maximum Gasteiger partial charge on any atom is 0.417 e. The van der Waals surface area contributed by atoms with Crippen molar-refractivity contribution in [3.05, 3.63) is 257 Å². The SMILES string of the molecule is [C-]#[N+]c1ccccc1-c1ccc2c3ccc(-c4ccccc4C#N)cc3n(-c3cc(C#N)cc(-n4c5cc(-c6ccccc6[N+]#[C-])ccc5c5ccc(-c6ccccc6[N+]#[C-])cc54)c3-c3ccccc3C(F)(F)F)c2c1. The lowest BCUT2D eigenvalue weighted by atomic mass is 9.93. The highest BCUT2D eigenvalue weighted by Crippen LogP contribution is 2.49. The minimum Gasteiger partial charge on any atom is -0.308 e. The number of nitriles is 2. The van der Waals surface area contributed by atoms with Crippen LogP contribution in [0.5, 0.6) is 0 Å². The van der Waals surface area contributed by atoms with Crippen LogP contribution in [0.1, 0.15) is 16.7 Å². The van der Waals surface area contributed by atoms with Crippen molar-refractivity contribution in [2.45, 2.75) is 6.18 Å². The van der Waals surface area contributed by atoms with Crippen LogP contribution < -0.4 is 0 Å². The van der Waals surface area contributed by atoms with Crippen molar-refractivity contribution >= 4 is 60.7 Å². The van der Waals surface area contributed by atoms with Gasteiger partial charge in [-0.05, 0) is 98.6 Å². The molecule has 7 nitrogen and oxygen atoms in total. The van der Waals surface area contributed by atoms with Crippen LogP contribution in [0, 0.1) is 42.4 Å². The van der Waals surface area contributed by atoms with E-state index in [2.05, 4.69) is 26.7 Å². The van der Waals surface area contributed by atoms with Gasteiger partial charge in [0, 0.05) is 27.1 Å². The van der Waals surface area contributed by atoms with Crippen LogP contribution >= 0.6 is 0 Å². The fourth-order valence-corrected chi connectivity index (χ4v) is 10.8. The van der Waals surface area contributed by atoms with Crippen LogP contribution in [0.4, 0.5) is 30.2 Å². The zero-order valence-electron chi connectivity index (χ0n) is 39.9. The van der Waals surface area contributed by atoms with E-state index in [1.54, 1.807) is 66.7 Å². The van der Waals surface area contributed by atoms with Crippen LogP contribution in [0.2, 0.25) is 0 Å². The minimum absolute atomic E-state index is 0.146. The zero-order chi connectivity index (χ0) is 52.2. The fraction of sp³-hybridized carbons (Fsp3) is 0.0152. The lowest BCUT2D eigenvalue weighted by Gasteiger charge is -2.23. The number of rotatable bonds is 7. The van der Waals surface area contributed by atoms with Gasteiger partial charge in [0.05, 0.1) is 82.0 Å². The topological polar surface area (TPSA) is 70.5 Å². The summed E-state index contributed by atoms with van der Waals surface area (Å²) in [4.78, 5) is 11.5. The Morgan fingerprint density at radius 3 is 1.09 bits per heavy atom. The summed E-state index contributed by atoms with van der Waals surface area (Å²) in [5.41, 5.74) is 9.15. The quantitative estimate of drug-likeness (QED) is 0.149. The molecule has 0 amide bonds. The minimum atomic E-state index is -4.85. The standard InChI is InChI=1S/C66H34F3N7/c1-72-56-21-11-7-16-47(56)42-25-29-51-50-28-24-41(46-15-5-4-14-45(46)39-71)34-59(50)75(60(51)35-42)63-32-40(38-70)33-64(65(63)54-19-6-10-20-55(54)66(67,68)69)76-61-36-43(48-17-8-12-22-57(48)73-2)26-30-52(61)53-31-27-44(37-62(53)76)49-18-9-13-23-58(49)74-3/h4-37H. The number of fused-ring (bicyclic) bond motifs is 6. The number of hydrogen-bond donors (Lipinski definition) is 0. The van der Waals surface area contributed by atoms with E-state index < -0.39 is 11.7 Å². The Balaban J connectivity index is 1.29. The van der Waals surface area contributed by atoms with Crippen LogP contribution in [-0.4, -0.2) is 9.13 Å². The average Bonchev–Trinajstić information content (AvgIpc) is 4.12. The molecule has 0 bridgehead atoms. The Kier molecular flexibility index (Phi) is 11.1. The molecular weight excluding hydrogens is 948 g/mol. The molecule has 12 rings (SSSR count). The molecule has 0 fully saturated rings. The zero-order valence-corrected chi connectivity index (χ0v) is 39.9. The lowest BCUT2D eigenvalue weighted by molar-refractivity contribution is -0.137. The molecule has 0 aliphatic carbocycles. The van der Waals surface area contributed by atoms with Gasteiger partial charge in [0.25, 0.3) is 0 Å². The number of hydrogen-bond acceptors (Lipinski definition) is 2. The van der Waals surface area contributed by atoms with Gasteiger partial charge in [-0.3, -0.25) is 0 Å². The van der Waals surface area contributed by atoms with Crippen molar-refractivity contribution < 1.29 is 13.2 Å². The predicted molar refractivity (Wildman–Crippen MR) is 296 cm³/mol. The van der Waals surface area contributed by atoms with Gasteiger partial charge in [-0.15, -0.1) is 0 Å². The van der Waals surface area contributed by atoms with E-state index in [4.69, 9.17) is 19.7 Å². The van der Waals surface area contributed by atoms with Gasteiger partial charge in [-0.1, -0.05) is 158 Å². The van der Waals surface area contributed by atoms with Crippen molar-refractivity contribution in [2.75, 3.05) is 0 Å². The second kappa shape index (κ2) is 18.3. The molecular formula is C66H34F3N7. The first-order valence-electron chi connectivity index (χ1n) is 23.9. The van der Waals surface area contributed by atoms with E-state index >= 15 is 13.2 Å². The molecule has 0 aliphatic heterocycles. The predicted octanol–water partition coefficient (Wildman–Crippen LogP) is 18.6. The summed E-state index contributed by atoms with van der Waals surface area (Å²) in [6, 6.07) is 65.5. The Labute approximate surface area is 434 Å². The van der Waals surface area contributed by atoms with Gasteiger partial charge in [0.15, 0.2) is 17.1 Å². The summed E-state index contributed by atoms with van der Waals surface area (Å²) < 4.78 is 51.6. The van der Waals surface area contributed by atoms with E-state index in [-0.39, 0.29) is 28.1 Å². The third kappa shape index (κ3) is 7.49. The van der Waals surface area contributed by atoms with Gasteiger partial charge in [0.1, 0.15) is 0 Å². The molecule has 10 aromatic carbocycles. The van der Waals surface area contributed by atoms with E-state index in [0.717, 1.165) is 27.6 Å². The first-order chi connectivity index (χ1) is 37.1. The van der Waals surface area contributed by atoms with Crippen molar-refractivity contribution in [3.63, 3.8) is 0 Å². The third-order valence-electron chi connectivity index (χ3n) is 14.1. The Bertz CT molecular complexity index is 4170. The molecule has 10 heteroatoms. The van der Waals surface area contributed by atoms with Crippen LogP contribution in [0.3, 0.4) is 0 Å². The highest BCUT2D eigenvalue weighted by atomic mass is 19.4. The van der Waals surface area contributed by atoms with Crippen LogP contribution in [-0.2, 0) is 6.18 Å². The highest BCUT2D eigenvalue weighted by Gasteiger charge is 2.36. The van der Waals surface area contributed by atoms with Crippen LogP contribution in [0.25, 0.3) is 125 Å². The van der Waals surface area contributed by atoms with E-state index in [1.807, 2.05) is 130 Å². The largest absolute Gasteiger partial charge is 0.417 e. The Hall–Kier alpha value is -11.0. The summed E-state index contributed by atoms with van der Waals surface area (Å²) in [6.07, 6.45) is -4.85. The van der Waals surface area contributed by atoms with E-state index in [9.17, 15) is 10.5 Å². The fourth-order valence-electron chi connectivity index (χ4n) is 10.8. The number of alkyl halides is 3. The first-order valence-corrected chi connectivity index (χ1v) is 23.9. The molecule has 2 heterocycles. The summed E-state index contributed by atoms with van der Waals surface area (Å²) in [5.74, 6) is 0. The number of benzene rings is 10. The number of aromatic nitrogens is 2. The van der Waals surface area contributed by atoms with Crippen molar-refractivity contribution in [2.24, 2.45) is 0 Å². The Morgan fingerprint density at radius 1 is 0.382 bits per heavy atom. The summed E-state index contributed by atoms with van der Waals surface area (Å²) >= 11 is 0. The first kappa shape index (κ1) is 46.1. The Morgan fingerprint density at radius 2 is 0.724 bits per heavy atom. The molecule has 354 valence electrons. The molecule has 2 aromatic heterocycles. The maximum absolute atomic E-state index is 15.9. The smallest absolute Gasteiger partial charge is 0.308 e. The summed E-state index contributed by atoms with van der Waals surface area (Å²) in [6.45, 7) is 24.2. The second-order valence-electron chi connectivity index (χ2n) is 18.2. The molecule has 0 saturated heterocycles. The molecule has 12 aromatic rings. The van der Waals surface area contributed by atoms with Crippen molar-refractivity contribution in [1.82, 2.24) is 9.13 Å². The molecule has 0 N–H and O–H groups in total. The maximum atomic E-state index is 15.9. The van der Waals surface area contributed by atoms with Gasteiger partial charge < -0.3 is 9.13 Å². The van der Waals surface area contributed by atoms with E-state index in [1.165, 1.54) is 12.1 Å². The van der Waals surface area contributed by atoms with Crippen molar-refractivity contribution in [1.29, 1.82) is 10.5 Å². The molecule has 76 heavy (non-hydrogen) atoms. The highest BCUT2D eigenvalue weighted by molar-refractivity contribution is 6.14. The molecule has 0 saturated carbocycles. The van der Waals surface area contributed by atoms with Gasteiger partial charge in [-0.2, -0.15) is 23.7 Å². The molecule has 0 aliphatic rings. The molecule has 0 atom stereocenters.